The fourth-order valence-electron chi connectivity index (χ4n) is 3.61. The van der Waals surface area contributed by atoms with E-state index in [0.29, 0.717) is 5.92 Å². The normalized spacial score (nSPS) is 16.1. The predicted molar refractivity (Wildman–Crippen MR) is 117 cm³/mol. The maximum atomic E-state index is 5.41. The minimum atomic E-state index is 0.575. The molecule has 0 spiro atoms. The van der Waals surface area contributed by atoms with Crippen LogP contribution in [0.25, 0.3) is 0 Å². The number of methoxy groups -OCH3 is 2. The van der Waals surface area contributed by atoms with Crippen molar-refractivity contribution >= 4 is 5.96 Å². The summed E-state index contributed by atoms with van der Waals surface area (Å²) in [5.41, 5.74) is 1.22. The quantitative estimate of drug-likeness (QED) is 0.492. The van der Waals surface area contributed by atoms with Crippen molar-refractivity contribution in [1.82, 2.24) is 15.1 Å². The summed E-state index contributed by atoms with van der Waals surface area (Å²) >= 11 is 0. The van der Waals surface area contributed by atoms with Gasteiger partial charge in [0.25, 0.3) is 0 Å². The fraction of sp³-hybridized carbons (Fsp3) is 0.682. The Bertz CT molecular complexity index is 615. The van der Waals surface area contributed by atoms with E-state index < -0.39 is 0 Å². The molecule has 6 heteroatoms. The molecule has 158 valence electrons. The first-order valence-electron chi connectivity index (χ1n) is 10.5. The number of hydrogen-bond acceptors (Lipinski definition) is 4. The maximum Gasteiger partial charge on any atom is 0.193 e. The molecule has 0 bridgehead atoms. The zero-order valence-electron chi connectivity index (χ0n) is 18.3. The lowest BCUT2D eigenvalue weighted by molar-refractivity contribution is 0.291. The molecule has 2 rings (SSSR count). The summed E-state index contributed by atoms with van der Waals surface area (Å²) in [5.74, 6) is 3.10. The van der Waals surface area contributed by atoms with E-state index in [1.54, 1.807) is 14.2 Å². The molecule has 1 aliphatic rings. The Morgan fingerprint density at radius 3 is 2.57 bits per heavy atom. The van der Waals surface area contributed by atoms with Crippen LogP contribution in [0, 0.1) is 5.92 Å². The van der Waals surface area contributed by atoms with Gasteiger partial charge in [-0.1, -0.05) is 13.0 Å². The molecule has 0 radical (unpaired) electrons. The van der Waals surface area contributed by atoms with Crippen molar-refractivity contribution in [2.24, 2.45) is 10.9 Å². The van der Waals surface area contributed by atoms with E-state index in [0.717, 1.165) is 50.1 Å². The third kappa shape index (κ3) is 6.89. The summed E-state index contributed by atoms with van der Waals surface area (Å²) < 4.78 is 10.7. The molecule has 0 aromatic heterocycles. The van der Waals surface area contributed by atoms with Crippen molar-refractivity contribution in [3.63, 3.8) is 0 Å². The van der Waals surface area contributed by atoms with Gasteiger partial charge in [0, 0.05) is 33.2 Å². The number of nitrogens with zero attached hydrogens (tertiary/aromatic N) is 3. The highest BCUT2D eigenvalue weighted by Crippen LogP contribution is 2.27. The standard InChI is InChI=1S/C22H38N4O2/c1-6-23-22(24-16-18(2)17-26-12-7-8-13-26)25(3)14-11-19-9-10-20(27-4)21(15-19)28-5/h9-10,15,18H,6-8,11-14,16-17H2,1-5H3,(H,23,24). The number of rotatable bonds is 10. The van der Waals surface area contributed by atoms with Crippen LogP contribution in [0.2, 0.25) is 0 Å². The Hall–Kier alpha value is -1.95. The molecule has 0 aliphatic carbocycles. The summed E-state index contributed by atoms with van der Waals surface area (Å²) in [6.45, 7) is 10.7. The first kappa shape index (κ1) is 22.3. The number of benzene rings is 1. The Balaban J connectivity index is 1.89. The summed E-state index contributed by atoms with van der Waals surface area (Å²) in [7, 11) is 5.44. The molecule has 1 saturated heterocycles. The van der Waals surface area contributed by atoms with Crippen LogP contribution in [0.1, 0.15) is 32.3 Å². The van der Waals surface area contributed by atoms with E-state index in [1.165, 1.54) is 31.5 Å². The average molecular weight is 391 g/mol. The Morgan fingerprint density at radius 1 is 1.21 bits per heavy atom. The summed E-state index contributed by atoms with van der Waals surface area (Å²) in [6.07, 6.45) is 3.61. The lowest BCUT2D eigenvalue weighted by atomic mass is 10.1. The molecule has 1 atom stereocenters. The minimum absolute atomic E-state index is 0.575. The lowest BCUT2D eigenvalue weighted by Gasteiger charge is -2.24. The van der Waals surface area contributed by atoms with E-state index in [-0.39, 0.29) is 0 Å². The van der Waals surface area contributed by atoms with Crippen LogP contribution in [0.5, 0.6) is 11.5 Å². The maximum absolute atomic E-state index is 5.41. The summed E-state index contributed by atoms with van der Waals surface area (Å²) in [6, 6.07) is 6.11. The number of nitrogens with one attached hydrogen (secondary N) is 1. The number of guanidine groups is 1. The molecule has 0 amide bonds. The van der Waals surface area contributed by atoms with E-state index >= 15 is 0 Å². The van der Waals surface area contributed by atoms with Crippen LogP contribution in [0.4, 0.5) is 0 Å². The van der Waals surface area contributed by atoms with Gasteiger partial charge >= 0.3 is 0 Å². The predicted octanol–water partition coefficient (Wildman–Crippen LogP) is 2.88. The lowest BCUT2D eigenvalue weighted by Crippen LogP contribution is -2.40. The van der Waals surface area contributed by atoms with Crippen LogP contribution in [0.3, 0.4) is 0 Å². The van der Waals surface area contributed by atoms with Gasteiger partial charge in [0.2, 0.25) is 0 Å². The van der Waals surface area contributed by atoms with E-state index in [2.05, 4.69) is 48.1 Å². The number of likely N-dealkylation sites (tertiary alicyclic amines) is 1. The first-order valence-corrected chi connectivity index (χ1v) is 10.5. The molecule has 1 N–H and O–H groups in total. The molecule has 1 unspecified atom stereocenters. The topological polar surface area (TPSA) is 49.3 Å². The SMILES string of the molecule is CCNC(=NCC(C)CN1CCCC1)N(C)CCc1ccc(OC)c(OC)c1. The smallest absolute Gasteiger partial charge is 0.193 e. The van der Waals surface area contributed by atoms with E-state index in [9.17, 15) is 0 Å². The van der Waals surface area contributed by atoms with E-state index in [1.807, 2.05) is 6.07 Å². The van der Waals surface area contributed by atoms with Gasteiger partial charge in [-0.2, -0.15) is 0 Å². The molecular weight excluding hydrogens is 352 g/mol. The number of likely N-dealkylation sites (N-methyl/N-ethyl adjacent to an activating group) is 1. The minimum Gasteiger partial charge on any atom is -0.493 e. The Kier molecular flexibility index (Phi) is 9.41. The molecule has 1 heterocycles. The Labute approximate surface area is 170 Å². The highest BCUT2D eigenvalue weighted by Gasteiger charge is 2.15. The van der Waals surface area contributed by atoms with Crippen LogP contribution >= 0.6 is 0 Å². The molecule has 6 nitrogen and oxygen atoms in total. The summed E-state index contributed by atoms with van der Waals surface area (Å²) in [5, 5.41) is 3.43. The Morgan fingerprint density at radius 2 is 1.93 bits per heavy atom. The van der Waals surface area contributed by atoms with Gasteiger partial charge in [-0.15, -0.1) is 0 Å². The van der Waals surface area contributed by atoms with Crippen molar-refractivity contribution in [2.45, 2.75) is 33.1 Å². The van der Waals surface area contributed by atoms with Gasteiger partial charge in [-0.25, -0.2) is 0 Å². The van der Waals surface area contributed by atoms with Gasteiger partial charge in [0.05, 0.1) is 14.2 Å². The second kappa shape index (κ2) is 11.8. The number of hydrogen-bond donors (Lipinski definition) is 1. The molecule has 28 heavy (non-hydrogen) atoms. The van der Waals surface area contributed by atoms with Gasteiger partial charge in [0.15, 0.2) is 17.5 Å². The second-order valence-corrected chi connectivity index (χ2v) is 7.67. The van der Waals surface area contributed by atoms with Crippen molar-refractivity contribution in [3.05, 3.63) is 23.8 Å². The van der Waals surface area contributed by atoms with Crippen molar-refractivity contribution in [3.8, 4) is 11.5 Å². The molecular formula is C22H38N4O2. The zero-order chi connectivity index (χ0) is 20.4. The highest BCUT2D eigenvalue weighted by molar-refractivity contribution is 5.79. The largest absolute Gasteiger partial charge is 0.493 e. The van der Waals surface area contributed by atoms with Crippen LogP contribution < -0.4 is 14.8 Å². The average Bonchev–Trinajstić information content (AvgIpc) is 3.21. The van der Waals surface area contributed by atoms with Crippen LogP contribution in [-0.4, -0.2) is 76.3 Å². The number of aliphatic imine (C=N–C) groups is 1. The molecule has 0 saturated carbocycles. The first-order chi connectivity index (χ1) is 13.6. The third-order valence-corrected chi connectivity index (χ3v) is 5.20. The molecule has 1 aromatic rings. The molecule has 1 aromatic carbocycles. The fourth-order valence-corrected chi connectivity index (χ4v) is 3.61. The summed E-state index contributed by atoms with van der Waals surface area (Å²) in [4.78, 5) is 9.66. The third-order valence-electron chi connectivity index (χ3n) is 5.20. The molecule has 1 fully saturated rings. The van der Waals surface area contributed by atoms with Gasteiger partial charge in [-0.3, -0.25) is 4.99 Å². The van der Waals surface area contributed by atoms with Crippen LogP contribution in [-0.2, 0) is 6.42 Å². The monoisotopic (exact) mass is 390 g/mol. The van der Waals surface area contributed by atoms with Crippen molar-refractivity contribution < 1.29 is 9.47 Å². The van der Waals surface area contributed by atoms with Gasteiger partial charge in [0.1, 0.15) is 0 Å². The highest BCUT2D eigenvalue weighted by atomic mass is 16.5. The second-order valence-electron chi connectivity index (χ2n) is 7.67. The number of ether oxygens (including phenoxy) is 2. The zero-order valence-corrected chi connectivity index (χ0v) is 18.3. The van der Waals surface area contributed by atoms with Gasteiger partial charge < -0.3 is 24.6 Å². The molecule has 1 aliphatic heterocycles. The van der Waals surface area contributed by atoms with E-state index in [4.69, 9.17) is 14.5 Å². The van der Waals surface area contributed by atoms with Crippen LogP contribution in [0.15, 0.2) is 23.2 Å². The van der Waals surface area contributed by atoms with Crippen molar-refractivity contribution in [2.75, 3.05) is 60.5 Å². The van der Waals surface area contributed by atoms with Gasteiger partial charge in [-0.05, 0) is 62.9 Å². The van der Waals surface area contributed by atoms with Crippen molar-refractivity contribution in [1.29, 1.82) is 0 Å².